The van der Waals surface area contributed by atoms with E-state index in [1.165, 1.54) is 12.3 Å². The highest BCUT2D eigenvalue weighted by atomic mass is 19.3. The van der Waals surface area contributed by atoms with Crippen LogP contribution in [0.5, 0.6) is 5.75 Å². The monoisotopic (exact) mass is 497 g/mol. The average Bonchev–Trinajstić information content (AvgIpc) is 3.06. The number of carbonyl (C=O) groups is 2. The molecule has 188 valence electrons. The topological polar surface area (TPSA) is 113 Å². The Bertz CT molecular complexity index is 1370. The summed E-state index contributed by atoms with van der Waals surface area (Å²) in [6.45, 7) is 4.93. The standard InChI is InChI=1S/C25H25N3O4.CF2O/c1-23(2)6-5-19-17-7-15(32-14-25-10-24(11-25,12-25)13-26)3-4-16(17)20-8-21(29)18(22(30)31)9-27(20)28(19)23;2-1(3)4/h3-4,7-9,19H,5-6,10-12,14H2,1-2H3,(H,30,31);/t19-,24?,25?;/m1./s1. The second-order valence-corrected chi connectivity index (χ2v) is 11.0. The fourth-order valence-electron chi connectivity index (χ4n) is 6.59. The first-order valence-electron chi connectivity index (χ1n) is 11.7. The summed E-state index contributed by atoms with van der Waals surface area (Å²) in [5, 5.41) is 20.9. The third-order valence-electron chi connectivity index (χ3n) is 8.02. The Hall–Kier alpha value is -3.74. The molecule has 36 heavy (non-hydrogen) atoms. The highest BCUT2D eigenvalue weighted by molar-refractivity contribution is 5.88. The number of benzene rings is 1. The molecular formula is C26H25F2N3O5. The number of hydrogen-bond donors (Lipinski definition) is 1. The van der Waals surface area contributed by atoms with Gasteiger partial charge in [0.1, 0.15) is 11.3 Å². The summed E-state index contributed by atoms with van der Waals surface area (Å²) in [7, 11) is 0. The number of nitriles is 1. The summed E-state index contributed by atoms with van der Waals surface area (Å²) in [4.78, 5) is 32.2. The zero-order valence-corrected chi connectivity index (χ0v) is 19.9. The molecule has 0 spiro atoms. The summed E-state index contributed by atoms with van der Waals surface area (Å²) in [6, 6.07) is 9.96. The second-order valence-electron chi connectivity index (χ2n) is 11.0. The normalized spacial score (nSPS) is 27.5. The van der Waals surface area contributed by atoms with E-state index in [1.54, 1.807) is 0 Å². The summed E-state index contributed by atoms with van der Waals surface area (Å²) >= 11 is 0. The van der Waals surface area contributed by atoms with Crippen molar-refractivity contribution in [1.82, 2.24) is 4.68 Å². The van der Waals surface area contributed by atoms with Crippen LogP contribution in [0.2, 0.25) is 0 Å². The molecule has 3 heterocycles. The van der Waals surface area contributed by atoms with Crippen LogP contribution in [-0.4, -0.2) is 34.2 Å². The van der Waals surface area contributed by atoms with Gasteiger partial charge in [0.05, 0.1) is 35.4 Å². The minimum Gasteiger partial charge on any atom is -0.493 e. The number of rotatable bonds is 4. The number of ether oxygens (including phenoxy) is 1. The quantitative estimate of drug-likeness (QED) is 0.598. The molecule has 4 fully saturated rings. The summed E-state index contributed by atoms with van der Waals surface area (Å²) in [5.41, 5.74) is 1.97. The van der Waals surface area contributed by atoms with Gasteiger partial charge in [-0.25, -0.2) is 9.59 Å². The van der Waals surface area contributed by atoms with E-state index in [9.17, 15) is 28.7 Å². The lowest BCUT2D eigenvalue weighted by Gasteiger charge is -2.66. The van der Waals surface area contributed by atoms with Crippen LogP contribution in [0.1, 0.15) is 67.9 Å². The molecule has 0 amide bonds. The Balaban J connectivity index is 0.000000623. The first-order valence-corrected chi connectivity index (χ1v) is 11.7. The molecule has 10 heteroatoms. The molecule has 1 saturated heterocycles. The van der Waals surface area contributed by atoms with Crippen LogP contribution in [0.25, 0.3) is 11.3 Å². The molecule has 1 aromatic carbocycles. The van der Waals surface area contributed by atoms with Gasteiger partial charge >= 0.3 is 12.3 Å². The lowest BCUT2D eigenvalue weighted by molar-refractivity contribution is -0.181. The lowest BCUT2D eigenvalue weighted by atomic mass is 9.36. The molecule has 2 bridgehead atoms. The van der Waals surface area contributed by atoms with E-state index in [0.717, 1.165) is 49.0 Å². The number of hydrogen-bond acceptors (Lipinski definition) is 6. The van der Waals surface area contributed by atoms with E-state index in [0.29, 0.717) is 12.3 Å². The van der Waals surface area contributed by atoms with Crippen LogP contribution >= 0.6 is 0 Å². The molecular weight excluding hydrogens is 472 g/mol. The van der Waals surface area contributed by atoms with Gasteiger partial charge < -0.3 is 9.84 Å². The molecule has 8 nitrogen and oxygen atoms in total. The number of halogens is 2. The van der Waals surface area contributed by atoms with Crippen molar-refractivity contribution in [2.45, 2.75) is 57.5 Å². The maximum Gasteiger partial charge on any atom is 0.483 e. The van der Waals surface area contributed by atoms with Crippen molar-refractivity contribution < 1.29 is 28.2 Å². The average molecular weight is 497 g/mol. The highest BCUT2D eigenvalue weighted by Gasteiger charge is 2.68. The summed E-state index contributed by atoms with van der Waals surface area (Å²) < 4.78 is 27.5. The smallest absolute Gasteiger partial charge is 0.483 e. The second kappa shape index (κ2) is 7.88. The largest absolute Gasteiger partial charge is 0.493 e. The fourth-order valence-corrected chi connectivity index (χ4v) is 6.59. The van der Waals surface area contributed by atoms with E-state index < -0.39 is 17.7 Å². The minimum atomic E-state index is -2.83. The van der Waals surface area contributed by atoms with Gasteiger partial charge in [-0.05, 0) is 69.7 Å². The van der Waals surface area contributed by atoms with Crippen molar-refractivity contribution in [2.75, 3.05) is 11.6 Å². The number of carbonyl (C=O) groups excluding carboxylic acids is 1. The van der Waals surface area contributed by atoms with Crippen molar-refractivity contribution in [2.24, 2.45) is 10.8 Å². The number of aromatic nitrogens is 1. The van der Waals surface area contributed by atoms with Crippen molar-refractivity contribution in [3.63, 3.8) is 0 Å². The number of carboxylic acid groups (broad SMARTS) is 1. The van der Waals surface area contributed by atoms with Crippen molar-refractivity contribution in [1.29, 1.82) is 5.26 Å². The lowest BCUT2D eigenvalue weighted by Crippen LogP contribution is -2.63. The predicted molar refractivity (Wildman–Crippen MR) is 125 cm³/mol. The fraction of sp³-hybridized carbons (Fsp3) is 0.462. The molecule has 1 N–H and O–H groups in total. The van der Waals surface area contributed by atoms with E-state index in [1.807, 2.05) is 16.8 Å². The van der Waals surface area contributed by atoms with Crippen LogP contribution in [0.3, 0.4) is 0 Å². The van der Waals surface area contributed by atoms with E-state index in [-0.39, 0.29) is 28.0 Å². The van der Waals surface area contributed by atoms with Crippen LogP contribution in [-0.2, 0) is 0 Å². The zero-order valence-electron chi connectivity index (χ0n) is 19.9. The van der Waals surface area contributed by atoms with Gasteiger partial charge in [-0.2, -0.15) is 5.26 Å². The Labute approximate surface area is 205 Å². The van der Waals surface area contributed by atoms with Gasteiger partial charge in [-0.15, -0.1) is 8.78 Å². The van der Waals surface area contributed by atoms with Crippen molar-refractivity contribution in [3.05, 3.63) is 51.8 Å². The number of nitrogens with zero attached hydrogens (tertiary/aromatic N) is 3. The van der Waals surface area contributed by atoms with Crippen LogP contribution in [0.15, 0.2) is 35.3 Å². The van der Waals surface area contributed by atoms with Gasteiger partial charge in [0.25, 0.3) is 0 Å². The number of pyridine rings is 1. The molecule has 1 atom stereocenters. The summed E-state index contributed by atoms with van der Waals surface area (Å²) in [6.07, 6.45) is 3.35. The maximum atomic E-state index is 12.5. The van der Waals surface area contributed by atoms with Crippen molar-refractivity contribution >= 4 is 12.3 Å². The minimum absolute atomic E-state index is 0.0806. The third kappa shape index (κ3) is 3.65. The Morgan fingerprint density at radius 3 is 2.50 bits per heavy atom. The Morgan fingerprint density at radius 2 is 1.89 bits per heavy atom. The van der Waals surface area contributed by atoms with Gasteiger partial charge in [-0.1, -0.05) is 0 Å². The van der Waals surface area contributed by atoms with Crippen LogP contribution in [0, 0.1) is 22.2 Å². The molecule has 0 radical (unpaired) electrons. The molecule has 0 unspecified atom stereocenters. The van der Waals surface area contributed by atoms with Crippen LogP contribution in [0.4, 0.5) is 13.6 Å². The number of fused-ring (bicyclic) bond motifs is 6. The number of aromatic carboxylic acids is 1. The molecule has 3 aliphatic carbocycles. The van der Waals surface area contributed by atoms with Gasteiger partial charge in [-0.3, -0.25) is 14.5 Å². The number of carboxylic acids is 1. The molecule has 5 aliphatic rings. The SMILES string of the molecule is CC1(C)CC[C@@H]2c3cc(OCC45CC(C#N)(C4)C5)ccc3-c3cc(=O)c(C(=O)O)cn3N21.O=C(F)F. The van der Waals surface area contributed by atoms with E-state index in [2.05, 4.69) is 31.0 Å². The van der Waals surface area contributed by atoms with Crippen molar-refractivity contribution in [3.8, 4) is 23.1 Å². The zero-order chi connectivity index (χ0) is 26.0. The molecule has 1 aromatic heterocycles. The van der Waals surface area contributed by atoms with E-state index >= 15 is 0 Å². The van der Waals surface area contributed by atoms with Crippen LogP contribution < -0.4 is 15.2 Å². The first-order chi connectivity index (χ1) is 16.9. The van der Waals surface area contributed by atoms with E-state index in [4.69, 9.17) is 9.53 Å². The molecule has 7 rings (SSSR count). The Morgan fingerprint density at radius 1 is 1.22 bits per heavy atom. The van der Waals surface area contributed by atoms with Gasteiger partial charge in [0, 0.05) is 23.2 Å². The highest BCUT2D eigenvalue weighted by Crippen LogP contribution is 2.72. The van der Waals surface area contributed by atoms with Gasteiger partial charge in [0.2, 0.25) is 0 Å². The Kier molecular flexibility index (Phi) is 5.25. The molecule has 2 aliphatic heterocycles. The first kappa shape index (κ1) is 24.0. The molecule has 2 aromatic rings. The summed E-state index contributed by atoms with van der Waals surface area (Å²) in [5.74, 6) is -0.401. The predicted octanol–water partition coefficient (Wildman–Crippen LogP) is 4.90. The maximum absolute atomic E-state index is 12.5. The third-order valence-corrected chi connectivity index (χ3v) is 8.02. The van der Waals surface area contributed by atoms with Gasteiger partial charge in [0.15, 0.2) is 5.43 Å². The molecule has 3 saturated carbocycles.